The van der Waals surface area contributed by atoms with Gasteiger partial charge in [0.2, 0.25) is 5.91 Å². The van der Waals surface area contributed by atoms with E-state index in [0.29, 0.717) is 18.0 Å². The molecule has 2 aromatic rings. The average Bonchev–Trinajstić information content (AvgIpc) is 2.53. The second-order valence-corrected chi connectivity index (χ2v) is 5.40. The molecule has 0 aliphatic carbocycles. The van der Waals surface area contributed by atoms with Crippen molar-refractivity contribution >= 4 is 36.4 Å². The molecule has 1 heterocycles. The Labute approximate surface area is 154 Å². The summed E-state index contributed by atoms with van der Waals surface area (Å²) in [6.45, 7) is 4.21. The Kier molecular flexibility index (Phi) is 10.0. The number of pyridine rings is 1. The van der Waals surface area contributed by atoms with Gasteiger partial charge in [-0.2, -0.15) is 0 Å². The molecule has 0 saturated carbocycles. The van der Waals surface area contributed by atoms with Crippen LogP contribution in [0.2, 0.25) is 0 Å². The quantitative estimate of drug-likeness (QED) is 0.815. The third kappa shape index (κ3) is 6.74. The average molecular weight is 372 g/mol. The van der Waals surface area contributed by atoms with E-state index in [9.17, 15) is 4.79 Å². The van der Waals surface area contributed by atoms with Crippen molar-refractivity contribution < 1.29 is 9.53 Å². The first-order valence-corrected chi connectivity index (χ1v) is 7.25. The van der Waals surface area contributed by atoms with Crippen LogP contribution in [0.5, 0.6) is 5.75 Å². The van der Waals surface area contributed by atoms with E-state index >= 15 is 0 Å². The zero-order chi connectivity index (χ0) is 15.9. The maximum Gasteiger partial charge on any atom is 0.241 e. The Morgan fingerprint density at radius 1 is 1.21 bits per heavy atom. The first-order chi connectivity index (χ1) is 10.6. The Morgan fingerprint density at radius 3 is 2.58 bits per heavy atom. The number of nitrogens with two attached hydrogens (primary N) is 1. The van der Waals surface area contributed by atoms with E-state index in [4.69, 9.17) is 10.5 Å². The highest BCUT2D eigenvalue weighted by atomic mass is 35.5. The lowest BCUT2D eigenvalue weighted by atomic mass is 10.0. The van der Waals surface area contributed by atoms with Crippen LogP contribution in [-0.4, -0.2) is 16.9 Å². The number of nitrogens with zero attached hydrogens (tertiary/aromatic N) is 1. The first kappa shape index (κ1) is 22.2. The summed E-state index contributed by atoms with van der Waals surface area (Å²) in [5, 5.41) is 2.80. The Morgan fingerprint density at radius 2 is 1.96 bits per heavy atom. The second-order valence-electron chi connectivity index (χ2n) is 5.40. The Bertz CT molecular complexity index is 624. The van der Waals surface area contributed by atoms with E-state index in [1.165, 1.54) is 0 Å². The molecule has 0 spiro atoms. The lowest BCUT2D eigenvalue weighted by Crippen LogP contribution is -2.39. The van der Waals surface area contributed by atoms with Crippen molar-refractivity contribution in [3.63, 3.8) is 0 Å². The van der Waals surface area contributed by atoms with Crippen LogP contribution in [-0.2, 0) is 11.4 Å². The summed E-state index contributed by atoms with van der Waals surface area (Å²) in [6, 6.07) is 12.4. The molecule has 3 N–H and O–H groups in total. The van der Waals surface area contributed by atoms with Gasteiger partial charge in [-0.1, -0.05) is 26.0 Å². The molecule has 1 aromatic carbocycles. The maximum absolute atomic E-state index is 12.0. The van der Waals surface area contributed by atoms with Gasteiger partial charge in [-0.3, -0.25) is 9.78 Å². The number of hydrogen-bond donors (Lipinski definition) is 2. The zero-order valence-corrected chi connectivity index (χ0v) is 15.3. The monoisotopic (exact) mass is 371 g/mol. The molecule has 1 aromatic heterocycles. The Hall–Kier alpha value is -1.82. The second kappa shape index (κ2) is 10.9. The molecule has 0 unspecified atom stereocenters. The zero-order valence-electron chi connectivity index (χ0n) is 13.6. The van der Waals surface area contributed by atoms with E-state index in [2.05, 4.69) is 10.3 Å². The van der Waals surface area contributed by atoms with Gasteiger partial charge >= 0.3 is 0 Å². The number of halogens is 2. The molecule has 1 amide bonds. The summed E-state index contributed by atoms with van der Waals surface area (Å²) in [5.74, 6) is 0.557. The summed E-state index contributed by atoms with van der Waals surface area (Å²) >= 11 is 0. The van der Waals surface area contributed by atoms with Gasteiger partial charge < -0.3 is 15.8 Å². The standard InChI is InChI=1S/C17H21N3O2.2ClH/c1-12(2)16(18)17(21)20-13-7-5-8-15(10-13)22-11-14-6-3-4-9-19-14;;/h3-10,12,16H,11,18H2,1-2H3,(H,20,21);2*1H/t16-;;/m0../s1. The van der Waals surface area contributed by atoms with Gasteiger partial charge in [-0.05, 0) is 30.2 Å². The van der Waals surface area contributed by atoms with Crippen molar-refractivity contribution in [2.45, 2.75) is 26.5 Å². The highest BCUT2D eigenvalue weighted by Gasteiger charge is 2.17. The van der Waals surface area contributed by atoms with Crippen molar-refractivity contribution in [3.8, 4) is 5.75 Å². The van der Waals surface area contributed by atoms with Crippen molar-refractivity contribution in [1.82, 2.24) is 4.98 Å². The smallest absolute Gasteiger partial charge is 0.241 e. The third-order valence-electron chi connectivity index (χ3n) is 3.24. The normalized spacial score (nSPS) is 11.0. The van der Waals surface area contributed by atoms with Crippen molar-refractivity contribution in [3.05, 3.63) is 54.4 Å². The van der Waals surface area contributed by atoms with Crippen molar-refractivity contribution in [1.29, 1.82) is 0 Å². The summed E-state index contributed by atoms with van der Waals surface area (Å²) < 4.78 is 5.68. The van der Waals surface area contributed by atoms with Crippen LogP contribution in [0.25, 0.3) is 0 Å². The molecule has 7 heteroatoms. The molecule has 0 aliphatic heterocycles. The van der Waals surface area contributed by atoms with E-state index in [1.807, 2.05) is 44.2 Å². The van der Waals surface area contributed by atoms with Gasteiger partial charge in [0.15, 0.2) is 0 Å². The van der Waals surface area contributed by atoms with Crippen LogP contribution in [0.4, 0.5) is 5.69 Å². The summed E-state index contributed by atoms with van der Waals surface area (Å²) in [4.78, 5) is 16.2. The van der Waals surface area contributed by atoms with E-state index < -0.39 is 6.04 Å². The number of carbonyl (C=O) groups is 1. The highest BCUT2D eigenvalue weighted by molar-refractivity contribution is 5.94. The van der Waals surface area contributed by atoms with Gasteiger partial charge in [-0.15, -0.1) is 24.8 Å². The van der Waals surface area contributed by atoms with Crippen molar-refractivity contribution in [2.75, 3.05) is 5.32 Å². The molecule has 0 bridgehead atoms. The number of anilines is 1. The summed E-state index contributed by atoms with van der Waals surface area (Å²) in [5.41, 5.74) is 7.34. The van der Waals surface area contributed by atoms with Gasteiger partial charge in [0.25, 0.3) is 0 Å². The first-order valence-electron chi connectivity index (χ1n) is 7.25. The van der Waals surface area contributed by atoms with Crippen LogP contribution in [0.3, 0.4) is 0 Å². The van der Waals surface area contributed by atoms with Crippen LogP contribution in [0.15, 0.2) is 48.7 Å². The minimum Gasteiger partial charge on any atom is -0.487 e. The van der Waals surface area contributed by atoms with E-state index in [-0.39, 0.29) is 36.6 Å². The number of amides is 1. The molecule has 0 radical (unpaired) electrons. The molecule has 24 heavy (non-hydrogen) atoms. The fraction of sp³-hybridized carbons (Fsp3) is 0.294. The molecular weight excluding hydrogens is 349 g/mol. The number of benzene rings is 1. The van der Waals surface area contributed by atoms with Crippen LogP contribution < -0.4 is 15.8 Å². The maximum atomic E-state index is 12.0. The van der Waals surface area contributed by atoms with E-state index in [1.54, 1.807) is 18.3 Å². The van der Waals surface area contributed by atoms with Gasteiger partial charge in [0.05, 0.1) is 11.7 Å². The fourth-order valence-electron chi connectivity index (χ4n) is 1.83. The molecule has 0 aliphatic rings. The highest BCUT2D eigenvalue weighted by Crippen LogP contribution is 2.18. The van der Waals surface area contributed by atoms with E-state index in [0.717, 1.165) is 5.69 Å². The molecule has 0 fully saturated rings. The number of ether oxygens (including phenoxy) is 1. The minimum absolute atomic E-state index is 0. The van der Waals surface area contributed by atoms with Gasteiger partial charge in [0.1, 0.15) is 12.4 Å². The van der Waals surface area contributed by atoms with Crippen LogP contribution in [0, 0.1) is 5.92 Å². The number of aromatic nitrogens is 1. The molecule has 5 nitrogen and oxygen atoms in total. The molecule has 2 rings (SSSR count). The summed E-state index contributed by atoms with van der Waals surface area (Å²) in [6.07, 6.45) is 1.72. The lowest BCUT2D eigenvalue weighted by molar-refractivity contribution is -0.118. The third-order valence-corrected chi connectivity index (χ3v) is 3.24. The van der Waals surface area contributed by atoms with Gasteiger partial charge in [0, 0.05) is 18.0 Å². The fourth-order valence-corrected chi connectivity index (χ4v) is 1.83. The predicted octanol–water partition coefficient (Wildman–Crippen LogP) is 3.43. The lowest BCUT2D eigenvalue weighted by Gasteiger charge is -2.15. The Balaban J connectivity index is 0.00000264. The largest absolute Gasteiger partial charge is 0.487 e. The topological polar surface area (TPSA) is 77.2 Å². The molecule has 1 atom stereocenters. The molecule has 0 saturated heterocycles. The minimum atomic E-state index is -0.530. The molecular formula is C17H23Cl2N3O2. The number of hydrogen-bond acceptors (Lipinski definition) is 4. The van der Waals surface area contributed by atoms with Gasteiger partial charge in [-0.25, -0.2) is 0 Å². The van der Waals surface area contributed by atoms with Crippen LogP contribution in [0.1, 0.15) is 19.5 Å². The van der Waals surface area contributed by atoms with Crippen LogP contribution >= 0.6 is 24.8 Å². The molecule has 132 valence electrons. The number of nitrogens with one attached hydrogen (secondary N) is 1. The number of rotatable bonds is 6. The SMILES string of the molecule is CC(C)[C@H](N)C(=O)Nc1cccc(OCc2ccccn2)c1.Cl.Cl. The number of carbonyl (C=O) groups excluding carboxylic acids is 1. The summed E-state index contributed by atoms with van der Waals surface area (Å²) in [7, 11) is 0. The van der Waals surface area contributed by atoms with Crippen molar-refractivity contribution in [2.24, 2.45) is 11.7 Å². The predicted molar refractivity (Wildman–Crippen MR) is 101 cm³/mol.